The molecule has 6 heteroatoms. The van der Waals surface area contributed by atoms with Gasteiger partial charge in [-0.1, -0.05) is 66.7 Å². The van der Waals surface area contributed by atoms with Crippen molar-refractivity contribution >= 4 is 11.8 Å². The average molecular weight is 492 g/mol. The van der Waals surface area contributed by atoms with Gasteiger partial charge in [-0.15, -0.1) is 0 Å². The molecule has 0 unspecified atom stereocenters. The SMILES string of the molecule is O=C(O)CC/C=C\CC[C@H]1[C@@H](OCc2ccc(Cc3ccccc3)cc2)CC(=O)[C@@H]1N1CCOCC1. The molecule has 0 aromatic heterocycles. The van der Waals surface area contributed by atoms with E-state index < -0.39 is 5.97 Å². The molecule has 1 aliphatic carbocycles. The van der Waals surface area contributed by atoms with E-state index in [1.807, 2.05) is 18.2 Å². The van der Waals surface area contributed by atoms with Gasteiger partial charge in [0.25, 0.3) is 0 Å². The lowest BCUT2D eigenvalue weighted by molar-refractivity contribution is -0.136. The lowest BCUT2D eigenvalue weighted by Crippen LogP contribution is -2.49. The second-order valence-electron chi connectivity index (χ2n) is 9.74. The van der Waals surface area contributed by atoms with Gasteiger partial charge < -0.3 is 14.6 Å². The Bertz CT molecular complexity index is 998. The van der Waals surface area contributed by atoms with E-state index >= 15 is 0 Å². The Morgan fingerprint density at radius 2 is 1.64 bits per heavy atom. The minimum Gasteiger partial charge on any atom is -0.481 e. The van der Waals surface area contributed by atoms with Gasteiger partial charge in [-0.3, -0.25) is 14.5 Å². The van der Waals surface area contributed by atoms with E-state index in [4.69, 9.17) is 14.6 Å². The first-order chi connectivity index (χ1) is 17.6. The van der Waals surface area contributed by atoms with Gasteiger partial charge in [0.05, 0.1) is 32.0 Å². The summed E-state index contributed by atoms with van der Waals surface area (Å²) in [5.41, 5.74) is 3.67. The topological polar surface area (TPSA) is 76.1 Å². The summed E-state index contributed by atoms with van der Waals surface area (Å²) in [4.78, 5) is 26.1. The molecular weight excluding hydrogens is 454 g/mol. The highest BCUT2D eigenvalue weighted by Crippen LogP contribution is 2.34. The van der Waals surface area contributed by atoms with E-state index in [1.54, 1.807) is 0 Å². The summed E-state index contributed by atoms with van der Waals surface area (Å²) in [6.07, 6.45) is 7.55. The van der Waals surface area contributed by atoms with Crippen LogP contribution in [-0.4, -0.2) is 60.2 Å². The Morgan fingerprint density at radius 1 is 0.972 bits per heavy atom. The number of carboxylic acids is 1. The number of aliphatic carboxylic acids is 1. The highest BCUT2D eigenvalue weighted by atomic mass is 16.5. The molecule has 4 rings (SSSR count). The van der Waals surface area contributed by atoms with E-state index in [0.29, 0.717) is 32.7 Å². The summed E-state index contributed by atoms with van der Waals surface area (Å²) >= 11 is 0. The lowest BCUT2D eigenvalue weighted by atomic mass is 9.93. The fourth-order valence-corrected chi connectivity index (χ4v) is 5.29. The smallest absolute Gasteiger partial charge is 0.303 e. The summed E-state index contributed by atoms with van der Waals surface area (Å²) in [6, 6.07) is 18.9. The summed E-state index contributed by atoms with van der Waals surface area (Å²) in [5.74, 6) is -0.396. The number of Topliss-reactive ketones (excluding diaryl/α,β-unsaturated/α-hetero) is 1. The summed E-state index contributed by atoms with van der Waals surface area (Å²) in [5, 5.41) is 8.82. The van der Waals surface area contributed by atoms with E-state index in [-0.39, 0.29) is 30.3 Å². The third-order valence-corrected chi connectivity index (χ3v) is 7.15. The van der Waals surface area contributed by atoms with Crippen molar-refractivity contribution in [2.24, 2.45) is 5.92 Å². The highest BCUT2D eigenvalue weighted by molar-refractivity contribution is 5.87. The zero-order valence-corrected chi connectivity index (χ0v) is 20.9. The summed E-state index contributed by atoms with van der Waals surface area (Å²) < 4.78 is 11.9. The first-order valence-corrected chi connectivity index (χ1v) is 13.0. The number of nitrogens with zero attached hydrogens (tertiary/aromatic N) is 1. The second kappa shape index (κ2) is 13.5. The molecule has 1 N–H and O–H groups in total. The molecule has 2 aromatic carbocycles. The van der Waals surface area contributed by atoms with E-state index in [9.17, 15) is 9.59 Å². The largest absolute Gasteiger partial charge is 0.481 e. The first kappa shape index (κ1) is 26.3. The molecule has 2 aromatic rings. The van der Waals surface area contributed by atoms with Crippen molar-refractivity contribution in [3.8, 4) is 0 Å². The lowest BCUT2D eigenvalue weighted by Gasteiger charge is -2.35. The Balaban J connectivity index is 1.35. The van der Waals surface area contributed by atoms with Crippen molar-refractivity contribution in [2.45, 2.75) is 57.3 Å². The third-order valence-electron chi connectivity index (χ3n) is 7.15. The summed E-state index contributed by atoms with van der Waals surface area (Å²) in [7, 11) is 0. The number of ketones is 1. The minimum absolute atomic E-state index is 0.109. The zero-order valence-electron chi connectivity index (χ0n) is 20.9. The molecule has 1 heterocycles. The van der Waals surface area contributed by atoms with Crippen LogP contribution in [0, 0.1) is 5.92 Å². The molecule has 1 saturated heterocycles. The Morgan fingerprint density at radius 3 is 2.36 bits per heavy atom. The molecule has 36 heavy (non-hydrogen) atoms. The van der Waals surface area contributed by atoms with Crippen LogP contribution in [-0.2, 0) is 32.1 Å². The predicted octanol–water partition coefficient (Wildman–Crippen LogP) is 4.65. The number of ether oxygens (including phenoxy) is 2. The number of benzene rings is 2. The van der Waals surface area contributed by atoms with Gasteiger partial charge in [0.2, 0.25) is 0 Å². The number of morpholine rings is 1. The standard InChI is InChI=1S/C30H37NO5/c32-27-21-28(36-22-25-14-12-24(13-15-25)20-23-8-4-3-5-9-23)26(10-6-1-2-7-11-29(33)34)30(27)31-16-18-35-19-17-31/h1-5,8-9,12-15,26,28,30H,6-7,10-11,16-22H2,(H,33,34)/b2-1-/t26-,28-,30+/m0/s1. The van der Waals surface area contributed by atoms with Crippen LogP contribution in [0.2, 0.25) is 0 Å². The number of carbonyl (C=O) groups is 2. The zero-order chi connectivity index (χ0) is 25.2. The molecule has 0 amide bonds. The molecular formula is C30H37NO5. The number of carbonyl (C=O) groups excluding carboxylic acids is 1. The van der Waals surface area contributed by atoms with Gasteiger partial charge >= 0.3 is 5.97 Å². The molecule has 2 aliphatic rings. The van der Waals surface area contributed by atoms with Crippen molar-refractivity contribution in [1.29, 1.82) is 0 Å². The van der Waals surface area contributed by atoms with E-state index in [0.717, 1.165) is 37.9 Å². The average Bonchev–Trinajstić information content (AvgIpc) is 3.21. The number of allylic oxidation sites excluding steroid dienone is 2. The van der Waals surface area contributed by atoms with E-state index in [2.05, 4.69) is 53.4 Å². The van der Waals surface area contributed by atoms with Gasteiger partial charge in [0.15, 0.2) is 5.78 Å². The van der Waals surface area contributed by atoms with Crippen LogP contribution in [0.4, 0.5) is 0 Å². The maximum absolute atomic E-state index is 13.1. The van der Waals surface area contributed by atoms with Crippen molar-refractivity contribution in [2.75, 3.05) is 26.3 Å². The molecule has 192 valence electrons. The van der Waals surface area contributed by atoms with Crippen LogP contribution in [0.15, 0.2) is 66.7 Å². The monoisotopic (exact) mass is 491 g/mol. The highest BCUT2D eigenvalue weighted by Gasteiger charge is 2.45. The number of hydrogen-bond acceptors (Lipinski definition) is 5. The fourth-order valence-electron chi connectivity index (χ4n) is 5.29. The predicted molar refractivity (Wildman–Crippen MR) is 139 cm³/mol. The van der Waals surface area contributed by atoms with Crippen LogP contribution in [0.1, 0.15) is 48.8 Å². The minimum atomic E-state index is -0.782. The molecule has 1 aliphatic heterocycles. The van der Waals surface area contributed by atoms with E-state index in [1.165, 1.54) is 11.1 Å². The molecule has 0 radical (unpaired) electrons. The second-order valence-corrected chi connectivity index (χ2v) is 9.74. The number of rotatable bonds is 12. The van der Waals surface area contributed by atoms with Gasteiger partial charge in [-0.2, -0.15) is 0 Å². The van der Waals surface area contributed by atoms with Crippen LogP contribution >= 0.6 is 0 Å². The Hall–Kier alpha value is -2.80. The molecule has 1 saturated carbocycles. The number of carboxylic acid groups (broad SMARTS) is 1. The van der Waals surface area contributed by atoms with Crippen molar-refractivity contribution < 1.29 is 24.2 Å². The van der Waals surface area contributed by atoms with Crippen molar-refractivity contribution in [3.63, 3.8) is 0 Å². The van der Waals surface area contributed by atoms with Crippen molar-refractivity contribution in [1.82, 2.24) is 4.90 Å². The molecule has 0 bridgehead atoms. The Labute approximate surface area is 213 Å². The van der Waals surface area contributed by atoms with Gasteiger partial charge in [0.1, 0.15) is 0 Å². The quantitative estimate of drug-likeness (QED) is 0.436. The van der Waals surface area contributed by atoms with Gasteiger partial charge in [-0.05, 0) is 42.4 Å². The number of hydrogen-bond donors (Lipinski definition) is 1. The molecule has 3 atom stereocenters. The molecule has 6 nitrogen and oxygen atoms in total. The van der Waals surface area contributed by atoms with Gasteiger partial charge in [0, 0.05) is 31.8 Å². The maximum Gasteiger partial charge on any atom is 0.303 e. The maximum atomic E-state index is 13.1. The van der Waals surface area contributed by atoms with Crippen LogP contribution in [0.25, 0.3) is 0 Å². The summed E-state index contributed by atoms with van der Waals surface area (Å²) in [6.45, 7) is 3.36. The van der Waals surface area contributed by atoms with Crippen LogP contribution in [0.3, 0.4) is 0 Å². The van der Waals surface area contributed by atoms with Crippen molar-refractivity contribution in [3.05, 3.63) is 83.4 Å². The van der Waals surface area contributed by atoms with Crippen LogP contribution in [0.5, 0.6) is 0 Å². The van der Waals surface area contributed by atoms with Gasteiger partial charge in [-0.25, -0.2) is 0 Å². The first-order valence-electron chi connectivity index (χ1n) is 13.0. The Kier molecular flexibility index (Phi) is 9.84. The van der Waals surface area contributed by atoms with Crippen LogP contribution < -0.4 is 0 Å². The molecule has 2 fully saturated rings. The molecule has 0 spiro atoms. The third kappa shape index (κ3) is 7.60. The normalized spacial score (nSPS) is 22.9. The fraction of sp³-hybridized carbons (Fsp3) is 0.467.